The van der Waals surface area contributed by atoms with Crippen molar-refractivity contribution in [2.24, 2.45) is 0 Å². The van der Waals surface area contributed by atoms with E-state index < -0.39 is 17.7 Å². The predicted octanol–water partition coefficient (Wildman–Crippen LogP) is 4.64. The number of carbonyl (C=O) groups excluding carboxylic acids is 2. The van der Waals surface area contributed by atoms with Crippen LogP contribution >= 0.6 is 0 Å². The van der Waals surface area contributed by atoms with Gasteiger partial charge >= 0.3 is 0 Å². The summed E-state index contributed by atoms with van der Waals surface area (Å²) in [5.74, 6) is -0.894. The molecule has 1 atom stereocenters. The van der Waals surface area contributed by atoms with Gasteiger partial charge in [0.2, 0.25) is 0 Å². The van der Waals surface area contributed by atoms with Gasteiger partial charge in [0.1, 0.15) is 17.3 Å². The number of aryl methyl sites for hydroxylation is 1. The molecule has 0 bridgehead atoms. The van der Waals surface area contributed by atoms with Crippen molar-refractivity contribution in [2.75, 3.05) is 19.1 Å². The molecule has 0 aromatic heterocycles. The molecule has 1 fully saturated rings. The summed E-state index contributed by atoms with van der Waals surface area (Å²) in [6.45, 7) is 1.91. The Morgan fingerprint density at radius 1 is 0.875 bits per heavy atom. The van der Waals surface area contributed by atoms with Crippen molar-refractivity contribution in [1.29, 1.82) is 0 Å². The van der Waals surface area contributed by atoms with Crippen molar-refractivity contribution in [3.05, 3.63) is 95.1 Å². The lowest BCUT2D eigenvalue weighted by Gasteiger charge is -2.27. The van der Waals surface area contributed by atoms with Gasteiger partial charge in [-0.05, 0) is 42.8 Å². The van der Waals surface area contributed by atoms with Crippen molar-refractivity contribution in [1.82, 2.24) is 0 Å². The highest BCUT2D eigenvalue weighted by molar-refractivity contribution is 6.51. The third-order valence-electron chi connectivity index (χ3n) is 5.52. The van der Waals surface area contributed by atoms with Crippen LogP contribution in [0.15, 0.2) is 78.4 Å². The first kappa shape index (κ1) is 21.2. The molecule has 1 N–H and O–H groups in total. The number of carbonyl (C=O) groups is 2. The third kappa shape index (κ3) is 3.50. The van der Waals surface area contributed by atoms with E-state index in [9.17, 15) is 14.7 Å². The summed E-state index contributed by atoms with van der Waals surface area (Å²) in [7, 11) is 3.01. The molecule has 32 heavy (non-hydrogen) atoms. The highest BCUT2D eigenvalue weighted by atomic mass is 16.5. The maximum Gasteiger partial charge on any atom is 0.300 e. The molecule has 0 aliphatic carbocycles. The van der Waals surface area contributed by atoms with E-state index in [2.05, 4.69) is 0 Å². The van der Waals surface area contributed by atoms with Crippen LogP contribution in [0.4, 0.5) is 5.69 Å². The van der Waals surface area contributed by atoms with Crippen molar-refractivity contribution in [2.45, 2.75) is 13.0 Å². The fourth-order valence-corrected chi connectivity index (χ4v) is 4.05. The van der Waals surface area contributed by atoms with Gasteiger partial charge in [0, 0.05) is 11.3 Å². The van der Waals surface area contributed by atoms with Gasteiger partial charge in [-0.15, -0.1) is 0 Å². The third-order valence-corrected chi connectivity index (χ3v) is 5.52. The number of para-hydroxylation sites is 2. The highest BCUT2D eigenvalue weighted by Crippen LogP contribution is 2.45. The zero-order valence-electron chi connectivity index (χ0n) is 18.0. The summed E-state index contributed by atoms with van der Waals surface area (Å²) < 4.78 is 10.9. The van der Waals surface area contributed by atoms with Crippen LogP contribution in [0.2, 0.25) is 0 Å². The van der Waals surface area contributed by atoms with Crippen LogP contribution in [0.5, 0.6) is 11.5 Å². The summed E-state index contributed by atoms with van der Waals surface area (Å²) >= 11 is 0. The smallest absolute Gasteiger partial charge is 0.300 e. The summed E-state index contributed by atoms with van der Waals surface area (Å²) in [4.78, 5) is 28.0. The fraction of sp³-hybridized carbons (Fsp3) is 0.154. The number of ketones is 1. The number of benzene rings is 3. The Balaban J connectivity index is 2.02. The zero-order chi connectivity index (χ0) is 22.8. The lowest BCUT2D eigenvalue weighted by atomic mass is 9.94. The molecule has 1 unspecified atom stereocenters. The first-order chi connectivity index (χ1) is 15.5. The van der Waals surface area contributed by atoms with E-state index in [0.717, 1.165) is 5.56 Å². The number of amides is 1. The number of aliphatic hydroxyl groups is 1. The van der Waals surface area contributed by atoms with E-state index >= 15 is 0 Å². The number of methoxy groups -OCH3 is 2. The van der Waals surface area contributed by atoms with Crippen molar-refractivity contribution in [3.8, 4) is 11.5 Å². The molecule has 3 aromatic rings. The summed E-state index contributed by atoms with van der Waals surface area (Å²) in [5, 5.41) is 11.3. The Kier molecular flexibility index (Phi) is 5.69. The van der Waals surface area contributed by atoms with E-state index in [-0.39, 0.29) is 11.3 Å². The first-order valence-corrected chi connectivity index (χ1v) is 10.1. The standard InChI is InChI=1S/C26H23NO5/c1-16-9-8-10-17(15-16)27-23(18-11-4-6-13-20(18)31-2)22(25(29)26(27)30)24(28)19-12-5-7-14-21(19)32-3/h4-15,23,28H,1-3H3/b24-22+. The van der Waals surface area contributed by atoms with Gasteiger partial charge in [-0.1, -0.05) is 42.5 Å². The number of rotatable bonds is 5. The Bertz CT molecular complexity index is 1230. The van der Waals surface area contributed by atoms with Crippen LogP contribution < -0.4 is 14.4 Å². The lowest BCUT2D eigenvalue weighted by molar-refractivity contribution is -0.132. The number of nitrogens with zero attached hydrogens (tertiary/aromatic N) is 1. The van der Waals surface area contributed by atoms with Gasteiger partial charge in [0.25, 0.3) is 11.7 Å². The topological polar surface area (TPSA) is 76.1 Å². The Hall–Kier alpha value is -4.06. The second-order valence-electron chi connectivity index (χ2n) is 7.45. The Morgan fingerprint density at radius 3 is 2.22 bits per heavy atom. The minimum absolute atomic E-state index is 0.0227. The van der Waals surface area contributed by atoms with E-state index in [0.29, 0.717) is 28.3 Å². The molecule has 0 saturated carbocycles. The zero-order valence-corrected chi connectivity index (χ0v) is 18.0. The van der Waals surface area contributed by atoms with Gasteiger partial charge in [-0.3, -0.25) is 14.5 Å². The molecule has 1 heterocycles. The van der Waals surface area contributed by atoms with Crippen LogP contribution in [0, 0.1) is 6.92 Å². The van der Waals surface area contributed by atoms with Crippen LogP contribution in [0.3, 0.4) is 0 Å². The van der Waals surface area contributed by atoms with Crippen LogP contribution in [-0.4, -0.2) is 31.0 Å². The van der Waals surface area contributed by atoms with Crippen molar-refractivity contribution >= 4 is 23.1 Å². The lowest BCUT2D eigenvalue weighted by Crippen LogP contribution is -2.29. The maximum absolute atomic E-state index is 13.3. The van der Waals surface area contributed by atoms with Crippen LogP contribution in [0.1, 0.15) is 22.7 Å². The molecule has 0 spiro atoms. The number of hydrogen-bond donors (Lipinski definition) is 1. The molecule has 1 aliphatic heterocycles. The molecule has 162 valence electrons. The van der Waals surface area contributed by atoms with Crippen LogP contribution in [-0.2, 0) is 9.59 Å². The minimum atomic E-state index is -0.877. The van der Waals surface area contributed by atoms with Crippen molar-refractivity contribution in [3.63, 3.8) is 0 Å². The maximum atomic E-state index is 13.3. The van der Waals surface area contributed by atoms with E-state index in [1.807, 2.05) is 25.1 Å². The fourth-order valence-electron chi connectivity index (χ4n) is 4.05. The largest absolute Gasteiger partial charge is 0.507 e. The van der Waals surface area contributed by atoms with Gasteiger partial charge in [-0.2, -0.15) is 0 Å². The van der Waals surface area contributed by atoms with E-state index in [4.69, 9.17) is 9.47 Å². The minimum Gasteiger partial charge on any atom is -0.507 e. The highest BCUT2D eigenvalue weighted by Gasteiger charge is 2.48. The van der Waals surface area contributed by atoms with E-state index in [1.165, 1.54) is 19.1 Å². The second kappa shape index (κ2) is 8.59. The summed E-state index contributed by atoms with van der Waals surface area (Å²) in [5.41, 5.74) is 2.39. The SMILES string of the molecule is COc1ccccc1/C(O)=C1\C(=O)C(=O)N(c2cccc(C)c2)C1c1ccccc1OC. The van der Waals surface area contributed by atoms with E-state index in [1.54, 1.807) is 54.6 Å². The second-order valence-corrected chi connectivity index (χ2v) is 7.45. The molecule has 0 radical (unpaired) electrons. The van der Waals surface area contributed by atoms with Gasteiger partial charge in [0.15, 0.2) is 0 Å². The van der Waals surface area contributed by atoms with Crippen molar-refractivity contribution < 1.29 is 24.2 Å². The average molecular weight is 429 g/mol. The quantitative estimate of drug-likeness (QED) is 0.363. The Morgan fingerprint density at radius 2 is 1.53 bits per heavy atom. The first-order valence-electron chi connectivity index (χ1n) is 10.1. The molecule has 1 amide bonds. The average Bonchev–Trinajstić information content (AvgIpc) is 3.08. The summed E-state index contributed by atoms with van der Waals surface area (Å²) in [6.07, 6.45) is 0. The molecule has 4 rings (SSSR count). The van der Waals surface area contributed by atoms with Gasteiger partial charge in [0.05, 0.1) is 31.4 Å². The molecule has 6 heteroatoms. The molecule has 3 aromatic carbocycles. The summed E-state index contributed by atoms with van der Waals surface area (Å²) in [6, 6.07) is 20.4. The molecule has 1 aliphatic rings. The normalized spacial score (nSPS) is 17.5. The monoisotopic (exact) mass is 429 g/mol. The molecule has 6 nitrogen and oxygen atoms in total. The predicted molar refractivity (Wildman–Crippen MR) is 122 cm³/mol. The van der Waals surface area contributed by atoms with Crippen LogP contribution in [0.25, 0.3) is 5.76 Å². The van der Waals surface area contributed by atoms with Gasteiger partial charge in [-0.25, -0.2) is 0 Å². The number of ether oxygens (including phenoxy) is 2. The molecule has 1 saturated heterocycles. The molecular formula is C26H23NO5. The molecular weight excluding hydrogens is 406 g/mol. The number of Topliss-reactive ketones (excluding diaryl/α,β-unsaturated/α-hetero) is 1. The number of anilines is 1. The number of aliphatic hydroxyl groups excluding tert-OH is 1. The van der Waals surface area contributed by atoms with Gasteiger partial charge < -0.3 is 14.6 Å². The number of hydrogen-bond acceptors (Lipinski definition) is 5. The Labute approximate surface area is 186 Å².